The Bertz CT molecular complexity index is 454. The second-order valence-corrected chi connectivity index (χ2v) is 4.60. The number of aliphatic hydroxyl groups is 1. The van der Waals surface area contributed by atoms with E-state index in [0.717, 1.165) is 31.5 Å². The smallest absolute Gasteiger partial charge is 0.136 e. The van der Waals surface area contributed by atoms with Crippen molar-refractivity contribution in [2.75, 3.05) is 20.3 Å². The van der Waals surface area contributed by atoms with Crippen molar-refractivity contribution >= 4 is 0 Å². The van der Waals surface area contributed by atoms with Crippen molar-refractivity contribution in [2.45, 2.75) is 25.4 Å². The molecule has 0 saturated carbocycles. The maximum Gasteiger partial charge on any atom is 0.136 e. The summed E-state index contributed by atoms with van der Waals surface area (Å²) in [5.41, 5.74) is 1.66. The SMILES string of the molecule is COc1ccc(CN2CCC[C@@H]2CO)cc1C#N. The van der Waals surface area contributed by atoms with Crippen LogP contribution in [0, 0.1) is 11.3 Å². The molecule has 1 aromatic carbocycles. The second kappa shape index (κ2) is 5.85. The van der Waals surface area contributed by atoms with E-state index in [0.29, 0.717) is 11.3 Å². The Hall–Kier alpha value is -1.57. The molecule has 1 atom stereocenters. The predicted octanol–water partition coefficient (Wildman–Crippen LogP) is 1.52. The third-order valence-electron chi connectivity index (χ3n) is 3.48. The first-order chi connectivity index (χ1) is 8.78. The lowest BCUT2D eigenvalue weighted by molar-refractivity contribution is 0.153. The standard InChI is InChI=1S/C14H18N2O2/c1-18-14-5-4-11(7-12(14)8-15)9-16-6-2-3-13(16)10-17/h4-5,7,13,17H,2-3,6,9-10H2,1H3/t13-/m1/s1. The summed E-state index contributed by atoms with van der Waals surface area (Å²) in [5.74, 6) is 0.612. The Kier molecular flexibility index (Phi) is 4.19. The molecule has 1 saturated heterocycles. The fourth-order valence-corrected chi connectivity index (χ4v) is 2.49. The summed E-state index contributed by atoms with van der Waals surface area (Å²) < 4.78 is 5.13. The third kappa shape index (κ3) is 2.63. The molecule has 0 unspecified atom stereocenters. The topological polar surface area (TPSA) is 56.5 Å². The van der Waals surface area contributed by atoms with Gasteiger partial charge in [0.25, 0.3) is 0 Å². The second-order valence-electron chi connectivity index (χ2n) is 4.60. The molecule has 0 amide bonds. The molecule has 1 aromatic rings. The van der Waals surface area contributed by atoms with Gasteiger partial charge in [-0.1, -0.05) is 6.07 Å². The van der Waals surface area contributed by atoms with Gasteiger partial charge >= 0.3 is 0 Å². The minimum atomic E-state index is 0.210. The van der Waals surface area contributed by atoms with Gasteiger partial charge in [-0.25, -0.2) is 0 Å². The zero-order chi connectivity index (χ0) is 13.0. The number of nitrogens with zero attached hydrogens (tertiary/aromatic N) is 2. The summed E-state index contributed by atoms with van der Waals surface area (Å²) in [4.78, 5) is 2.27. The van der Waals surface area contributed by atoms with Gasteiger partial charge in [0.05, 0.1) is 19.3 Å². The van der Waals surface area contributed by atoms with E-state index in [2.05, 4.69) is 11.0 Å². The summed E-state index contributed by atoms with van der Waals surface area (Å²) in [5, 5.41) is 18.3. The Morgan fingerprint density at radius 2 is 2.39 bits per heavy atom. The number of methoxy groups -OCH3 is 1. The molecule has 0 radical (unpaired) electrons. The van der Waals surface area contributed by atoms with Crippen molar-refractivity contribution in [2.24, 2.45) is 0 Å². The molecule has 96 valence electrons. The Labute approximate surface area is 107 Å². The molecule has 0 bridgehead atoms. The molecule has 0 aromatic heterocycles. The lowest BCUT2D eigenvalue weighted by Crippen LogP contribution is -2.31. The monoisotopic (exact) mass is 246 g/mol. The van der Waals surface area contributed by atoms with Crippen LogP contribution in [-0.2, 0) is 6.54 Å². The molecule has 0 aliphatic carbocycles. The number of hydrogen-bond donors (Lipinski definition) is 1. The molecule has 4 nitrogen and oxygen atoms in total. The molecule has 1 N–H and O–H groups in total. The fraction of sp³-hybridized carbons (Fsp3) is 0.500. The maximum absolute atomic E-state index is 9.28. The molecule has 1 fully saturated rings. The third-order valence-corrected chi connectivity index (χ3v) is 3.48. The van der Waals surface area contributed by atoms with E-state index in [4.69, 9.17) is 10.00 Å². The van der Waals surface area contributed by atoms with E-state index in [1.165, 1.54) is 0 Å². The maximum atomic E-state index is 9.28. The van der Waals surface area contributed by atoms with Gasteiger partial charge in [-0.2, -0.15) is 5.26 Å². The van der Waals surface area contributed by atoms with Gasteiger partial charge < -0.3 is 9.84 Å². The highest BCUT2D eigenvalue weighted by molar-refractivity contribution is 5.45. The van der Waals surface area contributed by atoms with Crippen LogP contribution in [0.2, 0.25) is 0 Å². The first-order valence-electron chi connectivity index (χ1n) is 6.20. The molecule has 1 aliphatic rings. The van der Waals surface area contributed by atoms with Crippen LogP contribution in [0.15, 0.2) is 18.2 Å². The summed E-state index contributed by atoms with van der Waals surface area (Å²) in [6.07, 6.45) is 2.18. The van der Waals surface area contributed by atoms with Gasteiger partial charge in [-0.15, -0.1) is 0 Å². The van der Waals surface area contributed by atoms with Crippen LogP contribution in [0.1, 0.15) is 24.0 Å². The highest BCUT2D eigenvalue weighted by Gasteiger charge is 2.23. The number of aliphatic hydroxyl groups excluding tert-OH is 1. The van der Waals surface area contributed by atoms with E-state index >= 15 is 0 Å². The molecular formula is C14H18N2O2. The van der Waals surface area contributed by atoms with Crippen LogP contribution in [0.4, 0.5) is 0 Å². The summed E-state index contributed by atoms with van der Waals surface area (Å²) in [6.45, 7) is 2.00. The Morgan fingerprint density at radius 3 is 3.06 bits per heavy atom. The summed E-state index contributed by atoms with van der Waals surface area (Å²) >= 11 is 0. The summed E-state index contributed by atoms with van der Waals surface area (Å²) in [7, 11) is 1.57. The van der Waals surface area contributed by atoms with Gasteiger partial charge in [0.15, 0.2) is 0 Å². The number of likely N-dealkylation sites (tertiary alicyclic amines) is 1. The molecule has 2 rings (SSSR count). The van der Waals surface area contributed by atoms with Crippen LogP contribution in [0.25, 0.3) is 0 Å². The summed E-state index contributed by atoms with van der Waals surface area (Å²) in [6, 6.07) is 8.08. The lowest BCUT2D eigenvalue weighted by Gasteiger charge is -2.22. The number of nitriles is 1. The van der Waals surface area contributed by atoms with Gasteiger partial charge in [0, 0.05) is 12.6 Å². The van der Waals surface area contributed by atoms with E-state index in [9.17, 15) is 5.11 Å². The van der Waals surface area contributed by atoms with Gasteiger partial charge in [-0.05, 0) is 37.1 Å². The van der Waals surface area contributed by atoms with Gasteiger partial charge in [0.2, 0.25) is 0 Å². The van der Waals surface area contributed by atoms with Crippen molar-refractivity contribution in [1.82, 2.24) is 4.90 Å². The van der Waals surface area contributed by atoms with Gasteiger partial charge in [0.1, 0.15) is 11.8 Å². The van der Waals surface area contributed by atoms with Crippen molar-refractivity contribution in [1.29, 1.82) is 5.26 Å². The first kappa shape index (κ1) is 12.9. The van der Waals surface area contributed by atoms with E-state index < -0.39 is 0 Å². The molecule has 1 aliphatic heterocycles. The zero-order valence-electron chi connectivity index (χ0n) is 10.6. The molecular weight excluding hydrogens is 228 g/mol. The quantitative estimate of drug-likeness (QED) is 0.875. The number of hydrogen-bond acceptors (Lipinski definition) is 4. The fourth-order valence-electron chi connectivity index (χ4n) is 2.49. The van der Waals surface area contributed by atoms with Crippen LogP contribution in [0.3, 0.4) is 0 Å². The molecule has 1 heterocycles. The normalized spacial score (nSPS) is 19.7. The van der Waals surface area contributed by atoms with Crippen molar-refractivity contribution < 1.29 is 9.84 Å². The average Bonchev–Trinajstić information content (AvgIpc) is 2.85. The number of rotatable bonds is 4. The van der Waals surface area contributed by atoms with Crippen LogP contribution in [-0.4, -0.2) is 36.3 Å². The van der Waals surface area contributed by atoms with Crippen LogP contribution >= 0.6 is 0 Å². The zero-order valence-corrected chi connectivity index (χ0v) is 10.6. The molecule has 18 heavy (non-hydrogen) atoms. The molecule has 0 spiro atoms. The van der Waals surface area contributed by atoms with Crippen molar-refractivity contribution in [3.8, 4) is 11.8 Å². The van der Waals surface area contributed by atoms with Crippen LogP contribution in [0.5, 0.6) is 5.75 Å². The highest BCUT2D eigenvalue weighted by atomic mass is 16.5. The highest BCUT2D eigenvalue weighted by Crippen LogP contribution is 2.23. The largest absolute Gasteiger partial charge is 0.495 e. The Balaban J connectivity index is 2.12. The predicted molar refractivity (Wildman–Crippen MR) is 68.2 cm³/mol. The minimum absolute atomic E-state index is 0.210. The van der Waals surface area contributed by atoms with Crippen molar-refractivity contribution in [3.63, 3.8) is 0 Å². The Morgan fingerprint density at radius 1 is 1.56 bits per heavy atom. The van der Waals surface area contributed by atoms with E-state index in [1.807, 2.05) is 18.2 Å². The van der Waals surface area contributed by atoms with E-state index in [-0.39, 0.29) is 12.6 Å². The number of benzene rings is 1. The lowest BCUT2D eigenvalue weighted by atomic mass is 10.1. The van der Waals surface area contributed by atoms with Gasteiger partial charge in [-0.3, -0.25) is 4.90 Å². The average molecular weight is 246 g/mol. The van der Waals surface area contributed by atoms with E-state index in [1.54, 1.807) is 7.11 Å². The van der Waals surface area contributed by atoms with Crippen molar-refractivity contribution in [3.05, 3.63) is 29.3 Å². The molecule has 4 heteroatoms. The van der Waals surface area contributed by atoms with Crippen LogP contribution < -0.4 is 4.74 Å². The number of ether oxygens (including phenoxy) is 1. The minimum Gasteiger partial charge on any atom is -0.495 e. The first-order valence-corrected chi connectivity index (χ1v) is 6.20.